The minimum atomic E-state index is 0. The highest BCUT2D eigenvalue weighted by molar-refractivity contribution is 5.85. The first-order chi connectivity index (χ1) is 3.85. The summed E-state index contributed by atoms with van der Waals surface area (Å²) in [4.78, 5) is 20.5. The number of imide groups is 1. The molecular formula is C5H8ClNO2. The fourth-order valence-electron chi connectivity index (χ4n) is 0.260. The van der Waals surface area contributed by atoms with Crippen LogP contribution in [-0.2, 0) is 9.59 Å². The zero-order chi connectivity index (χ0) is 6.41. The molecule has 0 radical (unpaired) electrons. The molecule has 0 fully saturated rings. The molecule has 0 N–H and O–H groups in total. The lowest BCUT2D eigenvalue weighted by molar-refractivity contribution is -0.128. The van der Waals surface area contributed by atoms with Crippen molar-refractivity contribution in [1.82, 2.24) is 4.90 Å². The number of nitrogens with zero attached hydrogens (tertiary/aromatic N) is 1. The van der Waals surface area contributed by atoms with Crippen molar-refractivity contribution >= 4 is 25.2 Å². The molecule has 0 aliphatic heterocycles. The summed E-state index contributed by atoms with van der Waals surface area (Å²) in [7, 11) is 0. The van der Waals surface area contributed by atoms with Gasteiger partial charge in [-0.25, -0.2) is 0 Å². The number of hydrogen-bond donors (Lipinski definition) is 0. The molecule has 4 heteroatoms. The van der Waals surface area contributed by atoms with Crippen LogP contribution in [0.15, 0.2) is 12.7 Å². The lowest BCUT2D eigenvalue weighted by Gasteiger charge is -2.01. The summed E-state index contributed by atoms with van der Waals surface area (Å²) in [6, 6.07) is 0. The molecule has 0 aliphatic carbocycles. The molecule has 52 valence electrons. The summed E-state index contributed by atoms with van der Waals surface area (Å²) in [5, 5.41) is 0. The van der Waals surface area contributed by atoms with Gasteiger partial charge in [-0.3, -0.25) is 14.5 Å². The Bertz CT molecular complexity index is 97.1. The Kier molecular flexibility index (Phi) is 8.79. The Hall–Kier alpha value is -0.830. The van der Waals surface area contributed by atoms with Gasteiger partial charge in [-0.1, -0.05) is 6.08 Å². The van der Waals surface area contributed by atoms with Crippen molar-refractivity contribution in [1.29, 1.82) is 0 Å². The van der Waals surface area contributed by atoms with Crippen molar-refractivity contribution in [3.8, 4) is 0 Å². The zero-order valence-corrected chi connectivity index (χ0v) is 5.63. The van der Waals surface area contributed by atoms with Crippen molar-refractivity contribution in [2.45, 2.75) is 0 Å². The van der Waals surface area contributed by atoms with Gasteiger partial charge in [0.1, 0.15) is 0 Å². The molecule has 0 aliphatic rings. The molecule has 2 amide bonds. The van der Waals surface area contributed by atoms with Gasteiger partial charge in [-0.15, -0.1) is 19.0 Å². The third-order valence-electron chi connectivity index (χ3n) is 0.611. The van der Waals surface area contributed by atoms with Gasteiger partial charge in [-0.05, 0) is 0 Å². The summed E-state index contributed by atoms with van der Waals surface area (Å²) in [6.07, 6.45) is 2.38. The number of amides is 2. The van der Waals surface area contributed by atoms with Crippen molar-refractivity contribution in [2.75, 3.05) is 6.54 Å². The van der Waals surface area contributed by atoms with Crippen LogP contribution in [0.1, 0.15) is 0 Å². The standard InChI is InChI=1S/C5H7NO2.ClH/c1-2-3-6(4-7)5-8;/h2,4-5H,1,3H2;1H. The SMILES string of the molecule is C=CCN(C=O)C=O.Cl. The monoisotopic (exact) mass is 149 g/mol. The minimum Gasteiger partial charge on any atom is -0.284 e. The topological polar surface area (TPSA) is 37.4 Å². The third kappa shape index (κ3) is 5.03. The first-order valence-electron chi connectivity index (χ1n) is 2.12. The molecule has 9 heavy (non-hydrogen) atoms. The number of rotatable bonds is 4. The Morgan fingerprint density at radius 2 is 1.78 bits per heavy atom. The Morgan fingerprint density at radius 3 is 1.89 bits per heavy atom. The summed E-state index contributed by atoms with van der Waals surface area (Å²) in [6.45, 7) is 3.62. The molecule has 0 saturated heterocycles. The molecule has 0 spiro atoms. The molecular weight excluding hydrogens is 142 g/mol. The molecule has 0 bridgehead atoms. The number of hydrogen-bond acceptors (Lipinski definition) is 2. The van der Waals surface area contributed by atoms with E-state index < -0.39 is 0 Å². The number of carbonyl (C=O) groups is 2. The van der Waals surface area contributed by atoms with Gasteiger partial charge >= 0.3 is 0 Å². The maximum atomic E-state index is 9.77. The van der Waals surface area contributed by atoms with Gasteiger partial charge in [0, 0.05) is 6.54 Å². The van der Waals surface area contributed by atoms with Crippen molar-refractivity contribution in [3.05, 3.63) is 12.7 Å². The van der Waals surface area contributed by atoms with Crippen LogP contribution in [-0.4, -0.2) is 24.3 Å². The first-order valence-corrected chi connectivity index (χ1v) is 2.12. The van der Waals surface area contributed by atoms with E-state index >= 15 is 0 Å². The fraction of sp³-hybridized carbons (Fsp3) is 0.200. The van der Waals surface area contributed by atoms with Gasteiger partial charge in [-0.2, -0.15) is 0 Å². The third-order valence-corrected chi connectivity index (χ3v) is 0.611. The molecule has 0 heterocycles. The van der Waals surface area contributed by atoms with Crippen LogP contribution in [0.3, 0.4) is 0 Å². The van der Waals surface area contributed by atoms with E-state index in [2.05, 4.69) is 6.58 Å². The van der Waals surface area contributed by atoms with Crippen LogP contribution in [0.25, 0.3) is 0 Å². The molecule has 0 aromatic rings. The highest BCUT2D eigenvalue weighted by Crippen LogP contribution is 1.73. The molecule has 0 rings (SSSR count). The lowest BCUT2D eigenvalue weighted by Crippen LogP contribution is -2.18. The molecule has 0 saturated carbocycles. The van der Waals surface area contributed by atoms with Gasteiger partial charge in [0.25, 0.3) is 0 Å². The van der Waals surface area contributed by atoms with E-state index in [1.54, 1.807) is 0 Å². The maximum Gasteiger partial charge on any atom is 0.216 e. The predicted molar refractivity (Wildman–Crippen MR) is 36.3 cm³/mol. The quantitative estimate of drug-likeness (QED) is 0.423. The Balaban J connectivity index is 0. The summed E-state index contributed by atoms with van der Waals surface area (Å²) in [5.41, 5.74) is 0. The van der Waals surface area contributed by atoms with Crippen LogP contribution in [0.4, 0.5) is 0 Å². The lowest BCUT2D eigenvalue weighted by atomic mass is 10.6. The summed E-state index contributed by atoms with van der Waals surface area (Å²) >= 11 is 0. The highest BCUT2D eigenvalue weighted by Gasteiger charge is 1.90. The van der Waals surface area contributed by atoms with E-state index in [4.69, 9.17) is 0 Å². The van der Waals surface area contributed by atoms with Crippen LogP contribution < -0.4 is 0 Å². The number of halogens is 1. The van der Waals surface area contributed by atoms with Crippen molar-refractivity contribution in [2.24, 2.45) is 0 Å². The van der Waals surface area contributed by atoms with Gasteiger partial charge in [0.05, 0.1) is 0 Å². The zero-order valence-electron chi connectivity index (χ0n) is 4.82. The smallest absolute Gasteiger partial charge is 0.216 e. The minimum absolute atomic E-state index is 0. The summed E-state index contributed by atoms with van der Waals surface area (Å²) < 4.78 is 0. The van der Waals surface area contributed by atoms with Gasteiger partial charge in [0.15, 0.2) is 0 Å². The second kappa shape index (κ2) is 7.17. The molecule has 0 aromatic heterocycles. The predicted octanol–water partition coefficient (Wildman–Crippen LogP) is 0.209. The molecule has 3 nitrogen and oxygen atoms in total. The second-order valence-electron chi connectivity index (χ2n) is 1.20. The van der Waals surface area contributed by atoms with Crippen LogP contribution >= 0.6 is 12.4 Å². The van der Waals surface area contributed by atoms with E-state index in [9.17, 15) is 9.59 Å². The largest absolute Gasteiger partial charge is 0.284 e. The average Bonchev–Trinajstić information content (AvgIpc) is 1.83. The van der Waals surface area contributed by atoms with Gasteiger partial charge < -0.3 is 0 Å². The molecule has 0 aromatic carbocycles. The Labute approximate surface area is 59.7 Å². The number of carbonyl (C=O) groups excluding carboxylic acids is 2. The van der Waals surface area contributed by atoms with E-state index in [0.717, 1.165) is 4.90 Å². The van der Waals surface area contributed by atoms with E-state index in [-0.39, 0.29) is 19.0 Å². The van der Waals surface area contributed by atoms with Gasteiger partial charge in [0.2, 0.25) is 12.8 Å². The van der Waals surface area contributed by atoms with E-state index in [1.165, 1.54) is 6.08 Å². The van der Waals surface area contributed by atoms with Crippen LogP contribution in [0, 0.1) is 0 Å². The maximum absolute atomic E-state index is 9.77. The highest BCUT2D eigenvalue weighted by atomic mass is 35.5. The fourth-order valence-corrected chi connectivity index (χ4v) is 0.260. The molecule has 0 atom stereocenters. The average molecular weight is 150 g/mol. The first kappa shape index (κ1) is 11.0. The van der Waals surface area contributed by atoms with E-state index in [1.807, 2.05) is 0 Å². The Morgan fingerprint density at radius 1 is 1.33 bits per heavy atom. The molecule has 0 unspecified atom stereocenters. The summed E-state index contributed by atoms with van der Waals surface area (Å²) in [5.74, 6) is 0. The van der Waals surface area contributed by atoms with Crippen molar-refractivity contribution in [3.63, 3.8) is 0 Å². The van der Waals surface area contributed by atoms with Crippen molar-refractivity contribution < 1.29 is 9.59 Å². The van der Waals surface area contributed by atoms with Crippen LogP contribution in [0.2, 0.25) is 0 Å². The van der Waals surface area contributed by atoms with E-state index in [0.29, 0.717) is 12.8 Å². The van der Waals surface area contributed by atoms with Crippen LogP contribution in [0.5, 0.6) is 0 Å². The second-order valence-corrected chi connectivity index (χ2v) is 1.20. The normalized spacial score (nSPS) is 6.67.